The van der Waals surface area contributed by atoms with Crippen LogP contribution in [0.2, 0.25) is 0 Å². The zero-order chi connectivity index (χ0) is 10.9. The molecule has 1 unspecified atom stereocenters. The van der Waals surface area contributed by atoms with Crippen molar-refractivity contribution >= 4 is 0 Å². The maximum Gasteiger partial charge on any atom is 0.258 e. The summed E-state index contributed by atoms with van der Waals surface area (Å²) in [6, 6.07) is 0. The van der Waals surface area contributed by atoms with Gasteiger partial charge in [-0.2, -0.15) is 0 Å². The molecular weight excluding hydrogens is 198 g/mol. The summed E-state index contributed by atoms with van der Waals surface area (Å²) in [5.74, 6) is 0.175. The van der Waals surface area contributed by atoms with Gasteiger partial charge < -0.3 is 10.2 Å². The van der Waals surface area contributed by atoms with Crippen molar-refractivity contribution < 1.29 is 8.78 Å². The lowest BCUT2D eigenvalue weighted by atomic mass is 9.73. The Morgan fingerprint density at radius 2 is 2.07 bits per heavy atom. The zero-order valence-corrected chi connectivity index (χ0v) is 9.31. The second-order valence-electron chi connectivity index (χ2n) is 4.82. The Morgan fingerprint density at radius 1 is 1.40 bits per heavy atom. The van der Waals surface area contributed by atoms with E-state index < -0.39 is 12.0 Å². The fraction of sp³-hybridized carbons (Fsp3) is 1.00. The number of halogens is 2. The van der Waals surface area contributed by atoms with Crippen LogP contribution in [0.4, 0.5) is 8.78 Å². The molecule has 1 atom stereocenters. The first-order valence-electron chi connectivity index (χ1n) is 5.94. The van der Waals surface area contributed by atoms with E-state index in [2.05, 4.69) is 10.2 Å². The molecule has 3 fully saturated rings. The molecule has 0 saturated carbocycles. The molecular formula is C11H20F2N2. The van der Waals surface area contributed by atoms with Crippen LogP contribution < -0.4 is 5.32 Å². The molecule has 0 amide bonds. The van der Waals surface area contributed by atoms with Gasteiger partial charge in [-0.25, -0.2) is 8.78 Å². The molecule has 4 heteroatoms. The summed E-state index contributed by atoms with van der Waals surface area (Å²) in [6.07, 6.45) is 0.542. The van der Waals surface area contributed by atoms with E-state index in [0.717, 1.165) is 32.4 Å². The number of nitrogens with zero attached hydrogens (tertiary/aromatic N) is 1. The van der Waals surface area contributed by atoms with E-state index in [9.17, 15) is 8.78 Å². The molecule has 15 heavy (non-hydrogen) atoms. The summed E-state index contributed by atoms with van der Waals surface area (Å²) in [5.41, 5.74) is -0.910. The van der Waals surface area contributed by atoms with E-state index in [4.69, 9.17) is 0 Å². The van der Waals surface area contributed by atoms with Crippen LogP contribution in [0.15, 0.2) is 0 Å². The summed E-state index contributed by atoms with van der Waals surface area (Å²) < 4.78 is 26.5. The van der Waals surface area contributed by atoms with E-state index >= 15 is 0 Å². The number of hydrogen-bond acceptors (Lipinski definition) is 2. The summed E-state index contributed by atoms with van der Waals surface area (Å²) in [5, 5.41) is 3.12. The fourth-order valence-electron chi connectivity index (χ4n) is 2.99. The van der Waals surface area contributed by atoms with Crippen molar-refractivity contribution in [2.24, 2.45) is 5.92 Å². The highest BCUT2D eigenvalue weighted by atomic mass is 19.3. The van der Waals surface area contributed by atoms with Gasteiger partial charge in [-0.15, -0.1) is 0 Å². The lowest BCUT2D eigenvalue weighted by molar-refractivity contribution is -0.0843. The lowest BCUT2D eigenvalue weighted by Gasteiger charge is -2.53. The first-order valence-corrected chi connectivity index (χ1v) is 5.94. The van der Waals surface area contributed by atoms with Gasteiger partial charge in [0.25, 0.3) is 6.43 Å². The second kappa shape index (κ2) is 4.34. The molecule has 2 nitrogen and oxygen atoms in total. The van der Waals surface area contributed by atoms with Crippen molar-refractivity contribution in [2.45, 2.75) is 38.2 Å². The normalized spacial score (nSPS) is 40.0. The molecule has 0 aromatic rings. The molecule has 1 N–H and O–H groups in total. The van der Waals surface area contributed by atoms with Crippen molar-refractivity contribution in [3.63, 3.8) is 0 Å². The molecule has 3 saturated heterocycles. The molecule has 0 radical (unpaired) electrons. The first-order chi connectivity index (χ1) is 7.19. The number of fused-ring (bicyclic) bond motifs is 3. The molecule has 88 valence electrons. The Kier molecular flexibility index (Phi) is 3.26. The standard InChI is InChI=1S/C11H20F2N2/c1-2-5-14-11(10(12)13)8-15-6-3-9(11)4-7-15/h9-10,14H,2-8H2,1H3. The van der Waals surface area contributed by atoms with E-state index in [1.54, 1.807) is 0 Å². The molecule has 0 aromatic heterocycles. The molecule has 0 aliphatic carbocycles. The quantitative estimate of drug-likeness (QED) is 0.773. The number of hydrogen-bond donors (Lipinski definition) is 1. The van der Waals surface area contributed by atoms with E-state index in [-0.39, 0.29) is 5.92 Å². The zero-order valence-electron chi connectivity index (χ0n) is 9.31. The molecule has 3 aliphatic heterocycles. The third-order valence-electron chi connectivity index (χ3n) is 3.89. The van der Waals surface area contributed by atoms with Crippen LogP contribution in [0.3, 0.4) is 0 Å². The van der Waals surface area contributed by atoms with Gasteiger partial charge in [0.1, 0.15) is 0 Å². The van der Waals surface area contributed by atoms with E-state index in [1.165, 1.54) is 0 Å². The van der Waals surface area contributed by atoms with Crippen LogP contribution in [0.25, 0.3) is 0 Å². The van der Waals surface area contributed by atoms with Crippen molar-refractivity contribution in [3.8, 4) is 0 Å². The van der Waals surface area contributed by atoms with Gasteiger partial charge in [-0.3, -0.25) is 0 Å². The van der Waals surface area contributed by atoms with Crippen LogP contribution in [0.1, 0.15) is 26.2 Å². The van der Waals surface area contributed by atoms with Gasteiger partial charge in [-0.1, -0.05) is 6.92 Å². The van der Waals surface area contributed by atoms with Gasteiger partial charge in [0.2, 0.25) is 0 Å². The fourth-order valence-corrected chi connectivity index (χ4v) is 2.99. The van der Waals surface area contributed by atoms with Crippen molar-refractivity contribution in [1.82, 2.24) is 10.2 Å². The highest BCUT2D eigenvalue weighted by molar-refractivity contribution is 5.05. The van der Waals surface area contributed by atoms with E-state index in [1.807, 2.05) is 6.92 Å². The third-order valence-corrected chi connectivity index (χ3v) is 3.89. The maximum atomic E-state index is 13.3. The predicted molar refractivity (Wildman–Crippen MR) is 56.2 cm³/mol. The van der Waals surface area contributed by atoms with Crippen molar-refractivity contribution in [3.05, 3.63) is 0 Å². The highest BCUT2D eigenvalue weighted by Crippen LogP contribution is 2.39. The Morgan fingerprint density at radius 3 is 2.47 bits per heavy atom. The number of nitrogens with one attached hydrogen (secondary N) is 1. The lowest BCUT2D eigenvalue weighted by Crippen LogP contribution is -2.69. The average molecular weight is 218 g/mol. The Hall–Kier alpha value is -0.220. The third kappa shape index (κ3) is 1.89. The van der Waals surface area contributed by atoms with Gasteiger partial charge in [0.15, 0.2) is 0 Å². The monoisotopic (exact) mass is 218 g/mol. The van der Waals surface area contributed by atoms with Crippen LogP contribution in [0.5, 0.6) is 0 Å². The van der Waals surface area contributed by atoms with Crippen LogP contribution in [0, 0.1) is 5.92 Å². The molecule has 2 bridgehead atoms. The Balaban J connectivity index is 2.11. The molecule has 3 aliphatic rings. The summed E-state index contributed by atoms with van der Waals surface area (Å²) in [6.45, 7) is 5.28. The Bertz CT molecular complexity index is 215. The number of rotatable bonds is 4. The summed E-state index contributed by atoms with van der Waals surface area (Å²) >= 11 is 0. The minimum Gasteiger partial charge on any atom is -0.305 e. The average Bonchev–Trinajstić information content (AvgIpc) is 2.27. The highest BCUT2D eigenvalue weighted by Gasteiger charge is 2.52. The SMILES string of the molecule is CCCNC1(C(F)F)CN2CCC1CC2. The smallest absolute Gasteiger partial charge is 0.258 e. The summed E-state index contributed by atoms with van der Waals surface area (Å²) in [4.78, 5) is 2.18. The first kappa shape index (κ1) is 11.3. The largest absolute Gasteiger partial charge is 0.305 e. The van der Waals surface area contributed by atoms with E-state index in [0.29, 0.717) is 13.1 Å². The topological polar surface area (TPSA) is 15.3 Å². The van der Waals surface area contributed by atoms with Crippen LogP contribution >= 0.6 is 0 Å². The molecule has 3 rings (SSSR count). The number of alkyl halides is 2. The minimum atomic E-state index is -2.24. The second-order valence-corrected chi connectivity index (χ2v) is 4.82. The van der Waals surface area contributed by atoms with Crippen LogP contribution in [-0.4, -0.2) is 43.0 Å². The van der Waals surface area contributed by atoms with Gasteiger partial charge >= 0.3 is 0 Å². The van der Waals surface area contributed by atoms with Crippen LogP contribution in [-0.2, 0) is 0 Å². The molecule has 0 spiro atoms. The minimum absolute atomic E-state index is 0.175. The van der Waals surface area contributed by atoms with Gasteiger partial charge in [-0.05, 0) is 44.8 Å². The Labute approximate surface area is 90.0 Å². The van der Waals surface area contributed by atoms with Crippen molar-refractivity contribution in [2.75, 3.05) is 26.2 Å². The van der Waals surface area contributed by atoms with Gasteiger partial charge in [0, 0.05) is 6.54 Å². The van der Waals surface area contributed by atoms with Gasteiger partial charge in [0.05, 0.1) is 5.54 Å². The molecule has 3 heterocycles. The maximum absolute atomic E-state index is 13.3. The van der Waals surface area contributed by atoms with Crippen molar-refractivity contribution in [1.29, 1.82) is 0 Å². The summed E-state index contributed by atoms with van der Waals surface area (Å²) in [7, 11) is 0. The number of piperidine rings is 3. The molecule has 0 aromatic carbocycles. The predicted octanol–water partition coefficient (Wildman–Crippen LogP) is 1.72.